The van der Waals surface area contributed by atoms with E-state index in [1.165, 1.54) is 20.0 Å². The van der Waals surface area contributed by atoms with E-state index in [-0.39, 0.29) is 5.97 Å². The molecule has 0 saturated carbocycles. The van der Waals surface area contributed by atoms with E-state index in [4.69, 9.17) is 4.74 Å². The fourth-order valence-electron chi connectivity index (χ4n) is 1.76. The predicted molar refractivity (Wildman–Crippen MR) is 60.8 cm³/mol. The van der Waals surface area contributed by atoms with Gasteiger partial charge in [-0.2, -0.15) is 0 Å². The fraction of sp³-hybridized carbons (Fsp3) is 0.917. The molecule has 0 aliphatic carbocycles. The maximum absolute atomic E-state index is 10.9. The molecule has 0 heterocycles. The highest BCUT2D eigenvalue weighted by molar-refractivity contribution is 5.68. The second-order valence-electron chi connectivity index (χ2n) is 3.93. The summed E-state index contributed by atoms with van der Waals surface area (Å²) in [6, 6.07) is 0. The molecule has 0 spiro atoms. The summed E-state index contributed by atoms with van der Waals surface area (Å²) in [4.78, 5) is 10.9. The number of methoxy groups -OCH3 is 2. The summed E-state index contributed by atoms with van der Waals surface area (Å²) in [7, 11) is 3.18. The normalized spacial score (nSPS) is 12.5. The van der Waals surface area contributed by atoms with Gasteiger partial charge in [-0.15, -0.1) is 0 Å². The highest BCUT2D eigenvalue weighted by atomic mass is 16.5. The van der Waals surface area contributed by atoms with Gasteiger partial charge < -0.3 is 9.47 Å². The lowest BCUT2D eigenvalue weighted by Gasteiger charge is -2.14. The van der Waals surface area contributed by atoms with E-state index >= 15 is 0 Å². The summed E-state index contributed by atoms with van der Waals surface area (Å²) >= 11 is 0. The molecule has 0 aromatic heterocycles. The van der Waals surface area contributed by atoms with Crippen LogP contribution in [0.2, 0.25) is 0 Å². The summed E-state index contributed by atoms with van der Waals surface area (Å²) in [5.74, 6) is 0.548. The van der Waals surface area contributed by atoms with Crippen molar-refractivity contribution >= 4 is 5.97 Å². The van der Waals surface area contributed by atoms with Crippen LogP contribution in [-0.2, 0) is 14.3 Å². The van der Waals surface area contributed by atoms with Gasteiger partial charge >= 0.3 is 5.97 Å². The highest BCUT2D eigenvalue weighted by Gasteiger charge is 2.07. The smallest absolute Gasteiger partial charge is 0.305 e. The van der Waals surface area contributed by atoms with Crippen molar-refractivity contribution in [2.75, 3.05) is 20.8 Å². The van der Waals surface area contributed by atoms with Gasteiger partial charge in [-0.1, -0.05) is 19.8 Å². The van der Waals surface area contributed by atoms with Gasteiger partial charge in [0.15, 0.2) is 0 Å². The van der Waals surface area contributed by atoms with Crippen LogP contribution in [-0.4, -0.2) is 26.8 Å². The van der Waals surface area contributed by atoms with Crippen LogP contribution in [0.1, 0.15) is 45.4 Å². The molecule has 15 heavy (non-hydrogen) atoms. The highest BCUT2D eigenvalue weighted by Crippen LogP contribution is 2.15. The Hall–Kier alpha value is -0.570. The molecule has 0 bridgehead atoms. The Morgan fingerprint density at radius 3 is 2.47 bits per heavy atom. The molecule has 0 amide bonds. The molecule has 0 N–H and O–H groups in total. The molecule has 0 radical (unpaired) electrons. The fourth-order valence-corrected chi connectivity index (χ4v) is 1.76. The number of ether oxygens (including phenoxy) is 2. The molecule has 0 aromatic rings. The molecular weight excluding hydrogens is 192 g/mol. The van der Waals surface area contributed by atoms with Crippen molar-refractivity contribution in [3.8, 4) is 0 Å². The van der Waals surface area contributed by atoms with Crippen molar-refractivity contribution in [1.29, 1.82) is 0 Å². The Morgan fingerprint density at radius 2 is 1.93 bits per heavy atom. The third-order valence-corrected chi connectivity index (χ3v) is 2.57. The van der Waals surface area contributed by atoms with Gasteiger partial charge in [0.05, 0.1) is 7.11 Å². The van der Waals surface area contributed by atoms with E-state index in [0.717, 1.165) is 25.9 Å². The van der Waals surface area contributed by atoms with Gasteiger partial charge in [-0.05, 0) is 25.2 Å². The first-order chi connectivity index (χ1) is 7.24. The first kappa shape index (κ1) is 14.4. The number of hydrogen-bond acceptors (Lipinski definition) is 3. The molecular formula is C12H24O3. The number of hydrogen-bond donors (Lipinski definition) is 0. The summed E-state index contributed by atoms with van der Waals surface area (Å²) in [6.45, 7) is 3.03. The van der Waals surface area contributed by atoms with Gasteiger partial charge in [0.25, 0.3) is 0 Å². The van der Waals surface area contributed by atoms with Gasteiger partial charge in [0, 0.05) is 20.1 Å². The molecule has 3 heteroatoms. The Labute approximate surface area is 93.1 Å². The lowest BCUT2D eigenvalue weighted by molar-refractivity contribution is -0.140. The Balaban J connectivity index is 3.48. The summed E-state index contributed by atoms with van der Waals surface area (Å²) in [6.07, 6.45) is 6.12. The van der Waals surface area contributed by atoms with E-state index in [0.29, 0.717) is 12.3 Å². The maximum atomic E-state index is 10.9. The monoisotopic (exact) mass is 216 g/mol. The topological polar surface area (TPSA) is 35.5 Å². The SMILES string of the molecule is CCC[C@H](CCCCC(=O)OC)COC. The lowest BCUT2D eigenvalue weighted by atomic mass is 9.97. The minimum absolute atomic E-state index is 0.103. The zero-order valence-electron chi connectivity index (χ0n) is 10.3. The van der Waals surface area contributed by atoms with Crippen LogP contribution in [0.25, 0.3) is 0 Å². The maximum Gasteiger partial charge on any atom is 0.305 e. The number of carbonyl (C=O) groups is 1. The van der Waals surface area contributed by atoms with Crippen LogP contribution in [0.5, 0.6) is 0 Å². The van der Waals surface area contributed by atoms with Crippen LogP contribution in [0.4, 0.5) is 0 Å². The minimum Gasteiger partial charge on any atom is -0.469 e. The van der Waals surface area contributed by atoms with Crippen LogP contribution < -0.4 is 0 Å². The molecule has 0 rings (SSSR count). The van der Waals surface area contributed by atoms with Crippen molar-refractivity contribution in [3.05, 3.63) is 0 Å². The molecule has 1 atom stereocenters. The average molecular weight is 216 g/mol. The summed E-state index contributed by atoms with van der Waals surface area (Å²) in [5.41, 5.74) is 0. The van der Waals surface area contributed by atoms with Crippen LogP contribution >= 0.6 is 0 Å². The van der Waals surface area contributed by atoms with E-state index in [1.54, 1.807) is 7.11 Å². The largest absolute Gasteiger partial charge is 0.469 e. The van der Waals surface area contributed by atoms with E-state index < -0.39 is 0 Å². The third kappa shape index (κ3) is 8.43. The molecule has 0 unspecified atom stereocenters. The van der Waals surface area contributed by atoms with E-state index in [2.05, 4.69) is 11.7 Å². The molecule has 0 aliphatic rings. The van der Waals surface area contributed by atoms with E-state index in [1.807, 2.05) is 0 Å². The van der Waals surface area contributed by atoms with E-state index in [9.17, 15) is 4.79 Å². The van der Waals surface area contributed by atoms with Crippen molar-refractivity contribution in [2.45, 2.75) is 45.4 Å². The second kappa shape index (κ2) is 9.97. The average Bonchev–Trinajstić information content (AvgIpc) is 2.24. The van der Waals surface area contributed by atoms with Crippen LogP contribution in [0, 0.1) is 5.92 Å². The van der Waals surface area contributed by atoms with Gasteiger partial charge in [0.2, 0.25) is 0 Å². The molecule has 90 valence electrons. The molecule has 3 nitrogen and oxygen atoms in total. The molecule has 0 aliphatic heterocycles. The number of rotatable bonds is 9. The van der Waals surface area contributed by atoms with Crippen LogP contribution in [0.3, 0.4) is 0 Å². The quantitative estimate of drug-likeness (QED) is 0.439. The Kier molecular flexibility index (Phi) is 9.59. The van der Waals surface area contributed by atoms with Gasteiger partial charge in [-0.3, -0.25) is 4.79 Å². The first-order valence-corrected chi connectivity index (χ1v) is 5.80. The van der Waals surface area contributed by atoms with Crippen molar-refractivity contribution in [1.82, 2.24) is 0 Å². The third-order valence-electron chi connectivity index (χ3n) is 2.57. The Morgan fingerprint density at radius 1 is 1.20 bits per heavy atom. The first-order valence-electron chi connectivity index (χ1n) is 5.80. The van der Waals surface area contributed by atoms with Gasteiger partial charge in [-0.25, -0.2) is 0 Å². The number of esters is 1. The van der Waals surface area contributed by atoms with Crippen molar-refractivity contribution in [3.63, 3.8) is 0 Å². The lowest BCUT2D eigenvalue weighted by Crippen LogP contribution is -2.08. The number of unbranched alkanes of at least 4 members (excludes halogenated alkanes) is 1. The minimum atomic E-state index is -0.103. The number of carbonyl (C=O) groups excluding carboxylic acids is 1. The standard InChI is InChI=1S/C12H24O3/c1-4-7-11(10-14-2)8-5-6-9-12(13)15-3/h11H,4-10H2,1-3H3/t11-/m1/s1. The van der Waals surface area contributed by atoms with Crippen LogP contribution in [0.15, 0.2) is 0 Å². The Bertz CT molecular complexity index is 151. The zero-order valence-corrected chi connectivity index (χ0v) is 10.3. The summed E-state index contributed by atoms with van der Waals surface area (Å²) in [5, 5.41) is 0. The van der Waals surface area contributed by atoms with Crippen molar-refractivity contribution < 1.29 is 14.3 Å². The van der Waals surface area contributed by atoms with Crippen molar-refractivity contribution in [2.24, 2.45) is 5.92 Å². The second-order valence-corrected chi connectivity index (χ2v) is 3.93. The van der Waals surface area contributed by atoms with Gasteiger partial charge in [0.1, 0.15) is 0 Å². The predicted octanol–water partition coefficient (Wildman–Crippen LogP) is 2.78. The summed E-state index contributed by atoms with van der Waals surface area (Å²) < 4.78 is 9.75. The molecule has 0 fully saturated rings. The molecule has 0 saturated heterocycles. The molecule has 0 aromatic carbocycles. The zero-order chi connectivity index (χ0) is 11.5.